The fraction of sp³-hybridized carbons (Fsp3) is 0.222. The van der Waals surface area contributed by atoms with Crippen molar-refractivity contribution in [3.8, 4) is 0 Å². The molecule has 0 aliphatic rings. The van der Waals surface area contributed by atoms with Gasteiger partial charge in [0.05, 0.1) is 16.5 Å². The maximum absolute atomic E-state index is 10.4. The second-order valence-electron chi connectivity index (χ2n) is 2.78. The molecule has 1 N–H and O–H groups in total. The van der Waals surface area contributed by atoms with E-state index in [9.17, 15) is 4.79 Å². The van der Waals surface area contributed by atoms with Crippen molar-refractivity contribution < 1.29 is 9.90 Å². The average Bonchev–Trinajstić information content (AvgIpc) is 1.98. The van der Waals surface area contributed by atoms with Crippen molar-refractivity contribution in [1.82, 2.24) is 0 Å². The smallest absolute Gasteiger partial charge is 0.307 e. The molecule has 0 radical (unpaired) electrons. The minimum atomic E-state index is -0.877. The van der Waals surface area contributed by atoms with Gasteiger partial charge in [-0.05, 0) is 24.1 Å². The number of carboxylic acids is 1. The minimum Gasteiger partial charge on any atom is -0.481 e. The maximum Gasteiger partial charge on any atom is 0.307 e. The average molecular weight is 219 g/mol. The van der Waals surface area contributed by atoms with Crippen LogP contribution in [0.25, 0.3) is 0 Å². The molecule has 4 heteroatoms. The van der Waals surface area contributed by atoms with E-state index in [4.69, 9.17) is 28.3 Å². The number of aliphatic carboxylic acids is 1. The number of halogens is 2. The fourth-order valence-electron chi connectivity index (χ4n) is 1.07. The third kappa shape index (κ3) is 2.61. The zero-order valence-electron chi connectivity index (χ0n) is 6.97. The molecule has 0 aliphatic carbocycles. The highest BCUT2D eigenvalue weighted by Gasteiger charge is 2.06. The first-order valence-electron chi connectivity index (χ1n) is 3.67. The molecule has 0 amide bonds. The molecular weight excluding hydrogens is 211 g/mol. The van der Waals surface area contributed by atoms with Gasteiger partial charge in [0.25, 0.3) is 0 Å². The van der Waals surface area contributed by atoms with Gasteiger partial charge >= 0.3 is 5.97 Å². The lowest BCUT2D eigenvalue weighted by atomic mass is 10.1. The molecule has 1 rings (SSSR count). The maximum atomic E-state index is 10.4. The largest absolute Gasteiger partial charge is 0.481 e. The first-order chi connectivity index (χ1) is 6.00. The normalized spacial score (nSPS) is 10.1. The van der Waals surface area contributed by atoms with E-state index >= 15 is 0 Å². The van der Waals surface area contributed by atoms with Crippen molar-refractivity contribution in [2.75, 3.05) is 0 Å². The summed E-state index contributed by atoms with van der Waals surface area (Å²) in [6, 6.07) is 3.30. The van der Waals surface area contributed by atoms with Gasteiger partial charge in [-0.25, -0.2) is 0 Å². The fourth-order valence-corrected chi connectivity index (χ4v) is 1.47. The van der Waals surface area contributed by atoms with Crippen molar-refractivity contribution in [3.63, 3.8) is 0 Å². The zero-order valence-corrected chi connectivity index (χ0v) is 8.49. The van der Waals surface area contributed by atoms with Crippen LogP contribution >= 0.6 is 23.2 Å². The van der Waals surface area contributed by atoms with Crippen LogP contribution in [0.2, 0.25) is 10.0 Å². The molecule has 0 unspecified atom stereocenters. The number of hydrogen-bond acceptors (Lipinski definition) is 1. The summed E-state index contributed by atoms with van der Waals surface area (Å²) in [4.78, 5) is 10.4. The SMILES string of the molecule is Cc1cc(CC(=O)O)cc(Cl)c1Cl. The second kappa shape index (κ2) is 3.99. The van der Waals surface area contributed by atoms with E-state index in [1.54, 1.807) is 19.1 Å². The summed E-state index contributed by atoms with van der Waals surface area (Å²) >= 11 is 11.6. The predicted molar refractivity (Wildman–Crippen MR) is 52.5 cm³/mol. The Hall–Kier alpha value is -0.730. The van der Waals surface area contributed by atoms with Crippen LogP contribution in [0.5, 0.6) is 0 Å². The van der Waals surface area contributed by atoms with Crippen LogP contribution in [-0.2, 0) is 11.2 Å². The number of carbonyl (C=O) groups is 1. The lowest BCUT2D eigenvalue weighted by Gasteiger charge is -2.03. The molecule has 0 fully saturated rings. The first kappa shape index (κ1) is 10.4. The molecule has 0 heterocycles. The van der Waals surface area contributed by atoms with E-state index < -0.39 is 5.97 Å². The molecule has 1 aromatic carbocycles. The summed E-state index contributed by atoms with van der Waals surface area (Å²) in [5.41, 5.74) is 1.46. The second-order valence-corrected chi connectivity index (χ2v) is 3.56. The van der Waals surface area contributed by atoms with Crippen LogP contribution in [0.15, 0.2) is 12.1 Å². The molecule has 0 aromatic heterocycles. The highest BCUT2D eigenvalue weighted by Crippen LogP contribution is 2.27. The summed E-state index contributed by atoms with van der Waals surface area (Å²) < 4.78 is 0. The lowest BCUT2D eigenvalue weighted by molar-refractivity contribution is -0.136. The predicted octanol–water partition coefficient (Wildman–Crippen LogP) is 2.93. The van der Waals surface area contributed by atoms with Gasteiger partial charge in [0.2, 0.25) is 0 Å². The molecule has 0 spiro atoms. The highest BCUT2D eigenvalue weighted by molar-refractivity contribution is 6.42. The Balaban J connectivity index is 3.06. The van der Waals surface area contributed by atoms with Crippen LogP contribution < -0.4 is 0 Å². The number of benzene rings is 1. The monoisotopic (exact) mass is 218 g/mol. The molecule has 0 atom stereocenters. The van der Waals surface area contributed by atoms with Gasteiger partial charge in [-0.15, -0.1) is 0 Å². The van der Waals surface area contributed by atoms with Gasteiger partial charge in [0.15, 0.2) is 0 Å². The van der Waals surface area contributed by atoms with E-state index in [1.807, 2.05) is 0 Å². The summed E-state index contributed by atoms with van der Waals surface area (Å²) in [7, 11) is 0. The molecular formula is C9H8Cl2O2. The van der Waals surface area contributed by atoms with Crippen LogP contribution in [-0.4, -0.2) is 11.1 Å². The van der Waals surface area contributed by atoms with Gasteiger partial charge in [0.1, 0.15) is 0 Å². The van der Waals surface area contributed by atoms with Crippen molar-refractivity contribution in [1.29, 1.82) is 0 Å². The topological polar surface area (TPSA) is 37.3 Å². The van der Waals surface area contributed by atoms with E-state index in [0.717, 1.165) is 5.56 Å². The van der Waals surface area contributed by atoms with Gasteiger partial charge in [-0.2, -0.15) is 0 Å². The minimum absolute atomic E-state index is 0.0300. The highest BCUT2D eigenvalue weighted by atomic mass is 35.5. The Labute approximate surface area is 86.1 Å². The summed E-state index contributed by atoms with van der Waals surface area (Å²) in [5, 5.41) is 9.43. The zero-order chi connectivity index (χ0) is 10.0. The summed E-state index contributed by atoms with van der Waals surface area (Å²) in [6.07, 6.45) is -0.0300. The van der Waals surface area contributed by atoms with Gasteiger partial charge in [-0.3, -0.25) is 4.79 Å². The van der Waals surface area contributed by atoms with Crippen LogP contribution in [0.4, 0.5) is 0 Å². The molecule has 0 saturated heterocycles. The van der Waals surface area contributed by atoms with Gasteiger partial charge in [0, 0.05) is 0 Å². The Morgan fingerprint density at radius 1 is 1.46 bits per heavy atom. The van der Waals surface area contributed by atoms with E-state index in [0.29, 0.717) is 15.6 Å². The quantitative estimate of drug-likeness (QED) is 0.830. The van der Waals surface area contributed by atoms with Gasteiger partial charge in [-0.1, -0.05) is 29.3 Å². The number of aryl methyl sites for hydroxylation is 1. The van der Waals surface area contributed by atoms with E-state index in [-0.39, 0.29) is 6.42 Å². The van der Waals surface area contributed by atoms with Crippen molar-refractivity contribution in [2.24, 2.45) is 0 Å². The molecule has 70 valence electrons. The molecule has 0 aliphatic heterocycles. The molecule has 1 aromatic rings. The Morgan fingerprint density at radius 2 is 2.08 bits per heavy atom. The van der Waals surface area contributed by atoms with Crippen molar-refractivity contribution in [3.05, 3.63) is 33.3 Å². The molecule has 0 bridgehead atoms. The summed E-state index contributed by atoms with van der Waals surface area (Å²) in [6.45, 7) is 1.79. The van der Waals surface area contributed by atoms with Crippen molar-refractivity contribution in [2.45, 2.75) is 13.3 Å². The molecule has 13 heavy (non-hydrogen) atoms. The Morgan fingerprint density at radius 3 is 2.54 bits per heavy atom. The van der Waals surface area contributed by atoms with Crippen LogP contribution in [0.1, 0.15) is 11.1 Å². The first-order valence-corrected chi connectivity index (χ1v) is 4.42. The third-order valence-electron chi connectivity index (χ3n) is 1.63. The number of hydrogen-bond donors (Lipinski definition) is 1. The van der Waals surface area contributed by atoms with E-state index in [2.05, 4.69) is 0 Å². The van der Waals surface area contributed by atoms with Crippen molar-refractivity contribution >= 4 is 29.2 Å². The Kier molecular flexibility index (Phi) is 3.17. The van der Waals surface area contributed by atoms with E-state index in [1.165, 1.54) is 0 Å². The summed E-state index contributed by atoms with van der Waals surface area (Å²) in [5.74, 6) is -0.877. The number of rotatable bonds is 2. The number of carboxylic acid groups (broad SMARTS) is 1. The molecule has 0 saturated carbocycles. The molecule has 2 nitrogen and oxygen atoms in total. The lowest BCUT2D eigenvalue weighted by Crippen LogP contribution is -2.00. The van der Waals surface area contributed by atoms with Crippen LogP contribution in [0, 0.1) is 6.92 Å². The van der Waals surface area contributed by atoms with Gasteiger partial charge < -0.3 is 5.11 Å². The Bertz CT molecular complexity index is 324. The van der Waals surface area contributed by atoms with Crippen LogP contribution in [0.3, 0.4) is 0 Å². The third-order valence-corrected chi connectivity index (χ3v) is 2.52. The standard InChI is InChI=1S/C9H8Cl2O2/c1-5-2-6(4-8(12)13)3-7(10)9(5)11/h2-3H,4H2,1H3,(H,12,13).